The van der Waals surface area contributed by atoms with Crippen LogP contribution in [0.4, 0.5) is 14.5 Å². The minimum absolute atomic E-state index is 0.0515. The largest absolute Gasteiger partial charge is 0.493 e. The zero-order valence-corrected chi connectivity index (χ0v) is 15.2. The van der Waals surface area contributed by atoms with E-state index in [9.17, 15) is 13.6 Å². The summed E-state index contributed by atoms with van der Waals surface area (Å²) < 4.78 is 40.5. The number of nitrogens with one attached hydrogen (secondary N) is 1. The quantitative estimate of drug-likeness (QED) is 0.676. The van der Waals surface area contributed by atoms with Crippen LogP contribution in [-0.2, 0) is 4.79 Å². The Morgan fingerprint density at radius 3 is 2.41 bits per heavy atom. The highest BCUT2D eigenvalue weighted by molar-refractivity contribution is 6.03. The molecule has 144 valence electrons. The summed E-state index contributed by atoms with van der Waals surface area (Å²) in [5.74, 6) is 0.106. The highest BCUT2D eigenvalue weighted by atomic mass is 19.3. The average Bonchev–Trinajstić information content (AvgIpc) is 2.61. The molecule has 0 fully saturated rings. The number of hydrogen-bond donors (Lipinski definition) is 1. The normalized spacial score (nSPS) is 11.1. The molecule has 0 aromatic heterocycles. The third kappa shape index (κ3) is 5.99. The van der Waals surface area contributed by atoms with Gasteiger partial charge in [0.25, 0.3) is 0 Å². The van der Waals surface area contributed by atoms with Crippen molar-refractivity contribution < 1.29 is 27.8 Å². The second-order valence-electron chi connectivity index (χ2n) is 5.74. The van der Waals surface area contributed by atoms with Gasteiger partial charge in [0.1, 0.15) is 5.75 Å². The van der Waals surface area contributed by atoms with Gasteiger partial charge in [-0.25, -0.2) is 0 Å². The summed E-state index contributed by atoms with van der Waals surface area (Å²) in [6, 6.07) is 11.7. The molecule has 7 heteroatoms. The van der Waals surface area contributed by atoms with Gasteiger partial charge in [-0.15, -0.1) is 0 Å². The Hall–Kier alpha value is -3.09. The Bertz CT molecular complexity index is 806. The molecule has 0 aliphatic rings. The Morgan fingerprint density at radius 1 is 1.04 bits per heavy atom. The van der Waals surface area contributed by atoms with E-state index in [0.29, 0.717) is 11.4 Å². The monoisotopic (exact) mass is 377 g/mol. The lowest BCUT2D eigenvalue weighted by Crippen LogP contribution is -2.12. The summed E-state index contributed by atoms with van der Waals surface area (Å²) in [6.07, 6.45) is 2.55. The lowest BCUT2D eigenvalue weighted by atomic mass is 10.1. The van der Waals surface area contributed by atoms with Gasteiger partial charge in [-0.3, -0.25) is 4.79 Å². The molecule has 2 rings (SSSR count). The van der Waals surface area contributed by atoms with E-state index in [-0.39, 0.29) is 23.2 Å². The summed E-state index contributed by atoms with van der Waals surface area (Å²) in [4.78, 5) is 12.2. The first-order valence-corrected chi connectivity index (χ1v) is 8.27. The molecule has 1 amide bonds. The summed E-state index contributed by atoms with van der Waals surface area (Å²) in [5, 5.41) is 2.70. The Balaban J connectivity index is 2.18. The van der Waals surface area contributed by atoms with Crippen LogP contribution in [0.25, 0.3) is 6.08 Å². The molecule has 5 nitrogen and oxygen atoms in total. The second kappa shape index (κ2) is 9.56. The van der Waals surface area contributed by atoms with Crippen molar-refractivity contribution in [3.63, 3.8) is 0 Å². The molecular weight excluding hydrogens is 356 g/mol. The number of ether oxygens (including phenoxy) is 3. The number of anilines is 1. The van der Waals surface area contributed by atoms with Crippen LogP contribution in [0.2, 0.25) is 0 Å². The van der Waals surface area contributed by atoms with E-state index < -0.39 is 12.5 Å². The molecule has 0 saturated heterocycles. The molecule has 0 saturated carbocycles. The molecule has 0 spiro atoms. The fourth-order valence-electron chi connectivity index (χ4n) is 2.31. The van der Waals surface area contributed by atoms with Gasteiger partial charge in [0.15, 0.2) is 11.5 Å². The van der Waals surface area contributed by atoms with E-state index in [4.69, 9.17) is 9.47 Å². The molecule has 2 aromatic carbocycles. The summed E-state index contributed by atoms with van der Waals surface area (Å²) in [7, 11) is 1.35. The van der Waals surface area contributed by atoms with E-state index in [2.05, 4.69) is 10.1 Å². The number of methoxy groups -OCH3 is 1. The van der Waals surface area contributed by atoms with Crippen molar-refractivity contribution in [3.05, 3.63) is 54.1 Å². The second-order valence-corrected chi connectivity index (χ2v) is 5.74. The zero-order valence-electron chi connectivity index (χ0n) is 15.2. The summed E-state index contributed by atoms with van der Waals surface area (Å²) >= 11 is 0. The predicted octanol–water partition coefficient (Wildman–Crippen LogP) is 4.74. The van der Waals surface area contributed by atoms with E-state index in [1.165, 1.54) is 25.3 Å². The molecule has 2 aromatic rings. The number of halogens is 2. The van der Waals surface area contributed by atoms with Crippen LogP contribution in [0.1, 0.15) is 19.4 Å². The Morgan fingerprint density at radius 2 is 1.74 bits per heavy atom. The van der Waals surface area contributed by atoms with Gasteiger partial charge >= 0.3 is 6.61 Å². The van der Waals surface area contributed by atoms with Gasteiger partial charge in [-0.1, -0.05) is 24.3 Å². The number of carbonyl (C=O) groups is 1. The van der Waals surface area contributed by atoms with Crippen LogP contribution >= 0.6 is 0 Å². The number of carbonyl (C=O) groups excluding carboxylic acids is 1. The first-order valence-electron chi connectivity index (χ1n) is 8.27. The summed E-state index contributed by atoms with van der Waals surface area (Å²) in [5.41, 5.74) is 0.798. The minimum atomic E-state index is -3.01. The zero-order chi connectivity index (χ0) is 19.8. The van der Waals surface area contributed by atoms with Gasteiger partial charge in [0, 0.05) is 11.6 Å². The molecule has 0 bridgehead atoms. The van der Waals surface area contributed by atoms with Crippen LogP contribution in [0.15, 0.2) is 48.5 Å². The Labute approximate surface area is 156 Å². The number of alkyl halides is 2. The molecule has 27 heavy (non-hydrogen) atoms. The average molecular weight is 377 g/mol. The molecule has 0 heterocycles. The molecule has 0 aliphatic heterocycles. The van der Waals surface area contributed by atoms with Crippen molar-refractivity contribution in [1.29, 1.82) is 0 Å². The number of amides is 1. The number of benzene rings is 2. The van der Waals surface area contributed by atoms with Gasteiger partial charge in [-0.05, 0) is 38.1 Å². The van der Waals surface area contributed by atoms with Crippen molar-refractivity contribution in [3.8, 4) is 17.2 Å². The molecular formula is C20H21F2NO4. The lowest BCUT2D eigenvalue weighted by Gasteiger charge is -2.14. The fourth-order valence-corrected chi connectivity index (χ4v) is 2.31. The van der Waals surface area contributed by atoms with Gasteiger partial charge in [-0.2, -0.15) is 8.78 Å². The molecule has 0 aliphatic carbocycles. The Kier molecular flexibility index (Phi) is 7.16. The lowest BCUT2D eigenvalue weighted by molar-refractivity contribution is -0.111. The first-order chi connectivity index (χ1) is 12.9. The van der Waals surface area contributed by atoms with Gasteiger partial charge in [0.2, 0.25) is 5.91 Å². The highest BCUT2D eigenvalue weighted by Gasteiger charge is 2.14. The van der Waals surface area contributed by atoms with E-state index in [1.54, 1.807) is 36.4 Å². The van der Waals surface area contributed by atoms with Crippen molar-refractivity contribution in [2.75, 3.05) is 12.4 Å². The SMILES string of the molecule is COc1cccc(/C=C/C(=O)Nc2ccccc2OC(C)C)c1OC(F)F. The third-order valence-corrected chi connectivity index (χ3v) is 3.36. The van der Waals surface area contributed by atoms with Crippen molar-refractivity contribution in [2.24, 2.45) is 0 Å². The van der Waals surface area contributed by atoms with Crippen LogP contribution in [0, 0.1) is 0 Å². The number of rotatable bonds is 8. The molecule has 1 N–H and O–H groups in total. The maximum absolute atomic E-state index is 12.7. The maximum atomic E-state index is 12.7. The fraction of sp³-hybridized carbons (Fsp3) is 0.250. The van der Waals surface area contributed by atoms with Crippen LogP contribution in [0.3, 0.4) is 0 Å². The first kappa shape index (κ1) is 20.2. The van der Waals surface area contributed by atoms with E-state index in [1.807, 2.05) is 13.8 Å². The van der Waals surface area contributed by atoms with Crippen LogP contribution in [0.5, 0.6) is 17.2 Å². The molecule has 0 unspecified atom stereocenters. The van der Waals surface area contributed by atoms with Gasteiger partial charge in [0.05, 0.1) is 18.9 Å². The smallest absolute Gasteiger partial charge is 0.387 e. The predicted molar refractivity (Wildman–Crippen MR) is 99.5 cm³/mol. The topological polar surface area (TPSA) is 56.8 Å². The third-order valence-electron chi connectivity index (χ3n) is 3.36. The van der Waals surface area contributed by atoms with Crippen LogP contribution in [-0.4, -0.2) is 25.7 Å². The minimum Gasteiger partial charge on any atom is -0.493 e. The summed E-state index contributed by atoms with van der Waals surface area (Å²) in [6.45, 7) is 0.750. The highest BCUT2D eigenvalue weighted by Crippen LogP contribution is 2.33. The maximum Gasteiger partial charge on any atom is 0.387 e. The standard InChI is InChI=1S/C20H21F2NO4/c1-13(2)26-16-9-5-4-8-15(16)23-18(24)12-11-14-7-6-10-17(25-3)19(14)27-20(21)22/h4-13,20H,1-3H3,(H,23,24)/b12-11+. The van der Waals surface area contributed by atoms with E-state index in [0.717, 1.165) is 0 Å². The number of para-hydroxylation sites is 3. The van der Waals surface area contributed by atoms with Gasteiger partial charge < -0.3 is 19.5 Å². The van der Waals surface area contributed by atoms with Crippen molar-refractivity contribution >= 4 is 17.7 Å². The van der Waals surface area contributed by atoms with Crippen molar-refractivity contribution in [2.45, 2.75) is 26.6 Å². The van der Waals surface area contributed by atoms with E-state index >= 15 is 0 Å². The number of hydrogen-bond acceptors (Lipinski definition) is 4. The van der Waals surface area contributed by atoms with Crippen LogP contribution < -0.4 is 19.5 Å². The van der Waals surface area contributed by atoms with Crippen molar-refractivity contribution in [1.82, 2.24) is 0 Å². The molecule has 0 radical (unpaired) electrons. The molecule has 0 atom stereocenters.